The second kappa shape index (κ2) is 4.17. The number of rotatable bonds is 2. The van der Waals surface area contributed by atoms with E-state index in [-0.39, 0.29) is 23.5 Å². The van der Waals surface area contributed by atoms with Gasteiger partial charge in [0, 0.05) is 24.9 Å². The van der Waals surface area contributed by atoms with Gasteiger partial charge < -0.3 is 4.90 Å². The van der Waals surface area contributed by atoms with E-state index in [1.165, 1.54) is 6.42 Å². The van der Waals surface area contributed by atoms with Gasteiger partial charge in [-0.05, 0) is 49.4 Å². The van der Waals surface area contributed by atoms with Crippen molar-refractivity contribution in [2.75, 3.05) is 19.0 Å². The maximum absolute atomic E-state index is 13.2. The first-order valence-corrected chi connectivity index (χ1v) is 9.24. The number of allylic oxidation sites excluding steroid dienone is 1. The fourth-order valence-corrected chi connectivity index (χ4v) is 7.36. The quantitative estimate of drug-likeness (QED) is 0.579. The molecule has 0 aromatic heterocycles. The summed E-state index contributed by atoms with van der Waals surface area (Å²) in [4.78, 5) is 28.3. The summed E-state index contributed by atoms with van der Waals surface area (Å²) in [6, 6.07) is 0. The van der Waals surface area contributed by atoms with E-state index in [1.54, 1.807) is 0 Å². The number of likely N-dealkylation sites (tertiary alicyclic amines) is 1. The summed E-state index contributed by atoms with van der Waals surface area (Å²) in [5.74, 6) is 2.24. The van der Waals surface area contributed by atoms with Gasteiger partial charge in [-0.2, -0.15) is 0 Å². The molecule has 7 atom stereocenters. The molecule has 4 heteroatoms. The van der Waals surface area contributed by atoms with Crippen molar-refractivity contribution < 1.29 is 9.59 Å². The van der Waals surface area contributed by atoms with Crippen molar-refractivity contribution in [2.24, 2.45) is 40.9 Å². The number of nitrogens with zero attached hydrogens (tertiary/aromatic N) is 1. The Morgan fingerprint density at radius 1 is 1.32 bits per heavy atom. The molecule has 5 fully saturated rings. The third-order valence-electron chi connectivity index (χ3n) is 7.60. The molecule has 0 radical (unpaired) electrons. The van der Waals surface area contributed by atoms with E-state index in [4.69, 9.17) is 11.6 Å². The lowest BCUT2D eigenvalue weighted by atomic mass is 9.47. The SMILES string of the molecule is C=C1[C@@H]2C(=O)[C@@]3(CCl)C(C(=O)N4CCCCC4)[C@H]4[C@@H]3[C@@H]2C[C@@H]14. The Kier molecular flexibility index (Phi) is 2.58. The molecule has 4 aliphatic carbocycles. The number of carbonyl (C=O) groups is 2. The van der Waals surface area contributed by atoms with E-state index < -0.39 is 5.41 Å². The zero-order chi connectivity index (χ0) is 15.2. The van der Waals surface area contributed by atoms with Crippen molar-refractivity contribution in [3.05, 3.63) is 12.2 Å². The van der Waals surface area contributed by atoms with Crippen LogP contribution in [-0.2, 0) is 9.59 Å². The lowest BCUT2D eigenvalue weighted by Gasteiger charge is -2.56. The number of Topliss-reactive ketones (excluding diaryl/α,β-unsaturated/α-hetero) is 1. The van der Waals surface area contributed by atoms with Gasteiger partial charge in [-0.25, -0.2) is 0 Å². The Hall–Kier alpha value is -0.830. The van der Waals surface area contributed by atoms with Gasteiger partial charge in [0.1, 0.15) is 5.78 Å². The van der Waals surface area contributed by atoms with Crippen LogP contribution in [0, 0.1) is 40.9 Å². The number of amides is 1. The van der Waals surface area contributed by atoms with E-state index >= 15 is 0 Å². The molecule has 0 aromatic rings. The van der Waals surface area contributed by atoms with Crippen LogP contribution >= 0.6 is 11.6 Å². The second-order valence-electron chi connectivity index (χ2n) is 8.06. The molecule has 118 valence electrons. The van der Waals surface area contributed by atoms with Crippen molar-refractivity contribution in [1.82, 2.24) is 4.90 Å². The molecule has 1 heterocycles. The fourth-order valence-electron chi connectivity index (χ4n) is 6.88. The van der Waals surface area contributed by atoms with Gasteiger partial charge in [0.15, 0.2) is 0 Å². The van der Waals surface area contributed by atoms with E-state index in [1.807, 2.05) is 4.90 Å². The van der Waals surface area contributed by atoms with Crippen LogP contribution in [0.25, 0.3) is 0 Å². The third-order valence-corrected chi connectivity index (χ3v) is 8.04. The first-order valence-electron chi connectivity index (χ1n) is 8.70. The number of carbonyl (C=O) groups excluding carboxylic acids is 2. The van der Waals surface area contributed by atoms with Crippen molar-refractivity contribution in [1.29, 1.82) is 0 Å². The highest BCUT2D eigenvalue weighted by molar-refractivity contribution is 6.21. The molecule has 4 saturated carbocycles. The minimum absolute atomic E-state index is 0.0177. The molecule has 0 aromatic carbocycles. The average molecular weight is 320 g/mol. The smallest absolute Gasteiger partial charge is 0.227 e. The molecule has 0 spiro atoms. The van der Waals surface area contributed by atoms with Gasteiger partial charge in [0.2, 0.25) is 5.91 Å². The van der Waals surface area contributed by atoms with Gasteiger partial charge in [0.25, 0.3) is 0 Å². The minimum Gasteiger partial charge on any atom is -0.342 e. The Bertz CT molecular complexity index is 596. The van der Waals surface area contributed by atoms with Crippen LogP contribution in [-0.4, -0.2) is 35.6 Å². The number of hydrogen-bond donors (Lipinski definition) is 0. The molecule has 1 amide bonds. The Labute approximate surface area is 136 Å². The summed E-state index contributed by atoms with van der Waals surface area (Å²) in [5, 5.41) is 0. The van der Waals surface area contributed by atoms with E-state index in [2.05, 4.69) is 6.58 Å². The summed E-state index contributed by atoms with van der Waals surface area (Å²) in [6.07, 6.45) is 4.47. The van der Waals surface area contributed by atoms with Crippen LogP contribution in [0.4, 0.5) is 0 Å². The largest absolute Gasteiger partial charge is 0.342 e. The summed E-state index contributed by atoms with van der Waals surface area (Å²) in [7, 11) is 0. The van der Waals surface area contributed by atoms with E-state index in [0.717, 1.165) is 37.9 Å². The standard InChI is InChI=1S/C18H22ClNO2/c1-9-10-7-11-12(9)16(21)18(8-19)14(11)13(10)15(18)17(22)20-5-3-2-4-6-20/h10-15H,1-8H2/t10-,11+,12-,13+,14-,15?,18+/m0/s1. The number of alkyl halides is 1. The van der Waals surface area contributed by atoms with Crippen LogP contribution in [0.2, 0.25) is 0 Å². The topological polar surface area (TPSA) is 37.4 Å². The molecular formula is C18H22ClNO2. The monoisotopic (exact) mass is 319 g/mol. The van der Waals surface area contributed by atoms with Crippen molar-refractivity contribution in [3.63, 3.8) is 0 Å². The molecule has 3 nitrogen and oxygen atoms in total. The third kappa shape index (κ3) is 1.22. The summed E-state index contributed by atoms with van der Waals surface area (Å²) < 4.78 is 0. The zero-order valence-electron chi connectivity index (χ0n) is 12.8. The highest BCUT2D eigenvalue weighted by atomic mass is 35.5. The van der Waals surface area contributed by atoms with Crippen molar-refractivity contribution >= 4 is 23.3 Å². The van der Waals surface area contributed by atoms with Gasteiger partial charge >= 0.3 is 0 Å². The van der Waals surface area contributed by atoms with Gasteiger partial charge in [-0.3, -0.25) is 9.59 Å². The first kappa shape index (κ1) is 13.6. The van der Waals surface area contributed by atoms with Crippen LogP contribution in [0.1, 0.15) is 25.7 Å². The van der Waals surface area contributed by atoms with E-state index in [9.17, 15) is 9.59 Å². The predicted molar refractivity (Wildman–Crippen MR) is 83.3 cm³/mol. The van der Waals surface area contributed by atoms with Crippen LogP contribution < -0.4 is 0 Å². The van der Waals surface area contributed by atoms with Crippen molar-refractivity contribution in [2.45, 2.75) is 25.7 Å². The first-order chi connectivity index (χ1) is 10.6. The maximum atomic E-state index is 13.2. The fraction of sp³-hybridized carbons (Fsp3) is 0.778. The normalized spacial score (nSPS) is 51.4. The number of hydrogen-bond acceptors (Lipinski definition) is 2. The Morgan fingerprint density at radius 2 is 2.05 bits per heavy atom. The highest BCUT2D eigenvalue weighted by Gasteiger charge is 2.83. The maximum Gasteiger partial charge on any atom is 0.227 e. The van der Waals surface area contributed by atoms with Crippen LogP contribution in [0.15, 0.2) is 12.2 Å². The molecule has 5 aliphatic rings. The average Bonchev–Trinajstić information content (AvgIpc) is 3.03. The molecule has 1 unspecified atom stereocenters. The molecule has 1 aliphatic heterocycles. The van der Waals surface area contributed by atoms with Gasteiger partial charge in [0.05, 0.1) is 11.3 Å². The lowest BCUT2D eigenvalue weighted by Crippen LogP contribution is -2.64. The summed E-state index contributed by atoms with van der Waals surface area (Å²) >= 11 is 6.34. The van der Waals surface area contributed by atoms with Crippen LogP contribution in [0.3, 0.4) is 0 Å². The Balaban J connectivity index is 1.55. The predicted octanol–water partition coefficient (Wildman–Crippen LogP) is 2.49. The molecule has 0 N–H and O–H groups in total. The lowest BCUT2D eigenvalue weighted by molar-refractivity contribution is -0.170. The van der Waals surface area contributed by atoms with Gasteiger partial charge in [-0.15, -0.1) is 11.6 Å². The van der Waals surface area contributed by atoms with Crippen LogP contribution in [0.5, 0.6) is 0 Å². The summed E-state index contributed by atoms with van der Waals surface area (Å²) in [6.45, 7) is 5.94. The second-order valence-corrected chi connectivity index (χ2v) is 8.33. The molecule has 5 rings (SSSR count). The molecular weight excluding hydrogens is 298 g/mol. The zero-order valence-corrected chi connectivity index (χ0v) is 13.5. The number of piperidine rings is 1. The molecule has 2 bridgehead atoms. The van der Waals surface area contributed by atoms with E-state index in [0.29, 0.717) is 29.6 Å². The number of halogens is 1. The highest BCUT2D eigenvalue weighted by Crippen LogP contribution is 2.80. The number of ketones is 1. The summed E-state index contributed by atoms with van der Waals surface area (Å²) in [5.41, 5.74) is 0.571. The minimum atomic E-state index is -0.551. The molecule has 22 heavy (non-hydrogen) atoms. The Morgan fingerprint density at radius 3 is 2.73 bits per heavy atom. The van der Waals surface area contributed by atoms with Gasteiger partial charge in [-0.1, -0.05) is 12.2 Å². The van der Waals surface area contributed by atoms with Crippen molar-refractivity contribution in [3.8, 4) is 0 Å². The number of fused-ring (bicyclic) bond motifs is 2. The molecule has 1 saturated heterocycles.